The van der Waals surface area contributed by atoms with Crippen LogP contribution in [0.1, 0.15) is 23.3 Å². The lowest BCUT2D eigenvalue weighted by atomic mass is 10.3. The van der Waals surface area contributed by atoms with Gasteiger partial charge in [0.15, 0.2) is 0 Å². The van der Waals surface area contributed by atoms with Crippen LogP contribution in [0.4, 0.5) is 0 Å². The Morgan fingerprint density at radius 3 is 3.00 bits per heavy atom. The van der Waals surface area contributed by atoms with E-state index in [-0.39, 0.29) is 5.91 Å². The molecule has 1 amide bonds. The Hall–Kier alpha value is -0.840. The Bertz CT molecular complexity index is 337. The van der Waals surface area contributed by atoms with Crippen LogP contribution in [0.3, 0.4) is 0 Å². The average molecular weight is 258 g/mol. The molecule has 0 unspecified atom stereocenters. The van der Waals surface area contributed by atoms with Crippen molar-refractivity contribution >= 4 is 21.8 Å². The first kappa shape index (κ1) is 9.71. The van der Waals surface area contributed by atoms with E-state index >= 15 is 0 Å². The summed E-state index contributed by atoms with van der Waals surface area (Å²) in [5, 5.41) is 6.89. The minimum absolute atomic E-state index is 0.0521. The molecule has 0 atom stereocenters. The van der Waals surface area contributed by atoms with E-state index in [0.717, 1.165) is 11.0 Å². The SMILES string of the molecule is Cn1ncc(Br)c1C(=O)NCC1CC1. The maximum atomic E-state index is 11.7. The summed E-state index contributed by atoms with van der Waals surface area (Å²) in [4.78, 5) is 11.7. The predicted molar refractivity (Wildman–Crippen MR) is 56.0 cm³/mol. The third-order valence-electron chi connectivity index (χ3n) is 2.36. The van der Waals surface area contributed by atoms with Crippen LogP contribution in [0.2, 0.25) is 0 Å². The smallest absolute Gasteiger partial charge is 0.270 e. The number of aromatic nitrogens is 2. The molecule has 1 aliphatic rings. The molecule has 1 saturated carbocycles. The van der Waals surface area contributed by atoms with Crippen molar-refractivity contribution in [2.75, 3.05) is 6.54 Å². The number of amides is 1. The summed E-state index contributed by atoms with van der Waals surface area (Å²) in [5.41, 5.74) is 0.589. The number of halogens is 1. The van der Waals surface area contributed by atoms with E-state index in [2.05, 4.69) is 26.3 Å². The van der Waals surface area contributed by atoms with Gasteiger partial charge >= 0.3 is 0 Å². The summed E-state index contributed by atoms with van der Waals surface area (Å²) in [6.07, 6.45) is 4.12. The molecule has 1 aromatic rings. The third-order valence-corrected chi connectivity index (χ3v) is 2.94. The second-order valence-corrected chi connectivity index (χ2v) is 4.47. The average Bonchev–Trinajstić information content (AvgIpc) is 2.90. The van der Waals surface area contributed by atoms with Crippen molar-refractivity contribution in [2.24, 2.45) is 13.0 Å². The van der Waals surface area contributed by atoms with Gasteiger partial charge in [0.2, 0.25) is 0 Å². The lowest BCUT2D eigenvalue weighted by Crippen LogP contribution is -2.27. The monoisotopic (exact) mass is 257 g/mol. The predicted octanol–water partition coefficient (Wildman–Crippen LogP) is 1.32. The molecule has 0 radical (unpaired) electrons. The summed E-state index contributed by atoms with van der Waals surface area (Å²) in [6, 6.07) is 0. The van der Waals surface area contributed by atoms with Gasteiger partial charge in [0.1, 0.15) is 5.69 Å². The van der Waals surface area contributed by atoms with E-state index in [1.165, 1.54) is 12.8 Å². The van der Waals surface area contributed by atoms with E-state index in [4.69, 9.17) is 0 Å². The zero-order valence-corrected chi connectivity index (χ0v) is 9.54. The first-order chi connectivity index (χ1) is 6.68. The van der Waals surface area contributed by atoms with Gasteiger partial charge in [-0.25, -0.2) is 0 Å². The minimum Gasteiger partial charge on any atom is -0.350 e. The standard InChI is InChI=1S/C9H12BrN3O/c1-13-8(7(10)5-12-13)9(14)11-4-6-2-3-6/h5-6H,2-4H2,1H3,(H,11,14). The Balaban J connectivity index is 2.01. The zero-order chi connectivity index (χ0) is 10.1. The van der Waals surface area contributed by atoms with Crippen LogP contribution in [0, 0.1) is 5.92 Å². The lowest BCUT2D eigenvalue weighted by molar-refractivity contribution is 0.0941. The van der Waals surface area contributed by atoms with Gasteiger partial charge in [0.25, 0.3) is 5.91 Å². The fourth-order valence-corrected chi connectivity index (χ4v) is 1.84. The second kappa shape index (κ2) is 3.73. The highest BCUT2D eigenvalue weighted by atomic mass is 79.9. The number of rotatable bonds is 3. The molecule has 0 spiro atoms. The quantitative estimate of drug-likeness (QED) is 0.888. The largest absolute Gasteiger partial charge is 0.350 e. The number of nitrogens with zero attached hydrogens (tertiary/aromatic N) is 2. The van der Waals surface area contributed by atoms with Crippen LogP contribution in [-0.4, -0.2) is 22.2 Å². The highest BCUT2D eigenvalue weighted by Gasteiger charge is 2.23. The number of carbonyl (C=O) groups is 1. The van der Waals surface area contributed by atoms with Crippen molar-refractivity contribution in [3.8, 4) is 0 Å². The number of carbonyl (C=O) groups excluding carboxylic acids is 1. The Labute approximate surface area is 90.8 Å². The normalized spacial score (nSPS) is 15.6. The number of aryl methyl sites for hydroxylation is 1. The molecule has 0 bridgehead atoms. The molecule has 1 aliphatic carbocycles. The van der Waals surface area contributed by atoms with Crippen LogP contribution in [0.5, 0.6) is 0 Å². The van der Waals surface area contributed by atoms with Crippen molar-refractivity contribution in [3.63, 3.8) is 0 Å². The van der Waals surface area contributed by atoms with Crippen LogP contribution < -0.4 is 5.32 Å². The Morgan fingerprint density at radius 1 is 1.79 bits per heavy atom. The highest BCUT2D eigenvalue weighted by molar-refractivity contribution is 9.10. The third kappa shape index (κ3) is 1.97. The molecule has 1 fully saturated rings. The van der Waals surface area contributed by atoms with E-state index in [1.54, 1.807) is 17.9 Å². The Kier molecular flexibility index (Phi) is 2.58. The first-order valence-electron chi connectivity index (χ1n) is 4.64. The molecule has 76 valence electrons. The molecular weight excluding hydrogens is 246 g/mol. The molecular formula is C9H12BrN3O. The molecule has 1 aromatic heterocycles. The summed E-state index contributed by atoms with van der Waals surface area (Å²) in [7, 11) is 1.76. The van der Waals surface area contributed by atoms with Gasteiger partial charge < -0.3 is 5.32 Å². The van der Waals surface area contributed by atoms with Crippen molar-refractivity contribution in [2.45, 2.75) is 12.8 Å². The van der Waals surface area contributed by atoms with Gasteiger partial charge in [-0.15, -0.1) is 0 Å². The fraction of sp³-hybridized carbons (Fsp3) is 0.556. The van der Waals surface area contributed by atoms with Crippen molar-refractivity contribution in [1.82, 2.24) is 15.1 Å². The van der Waals surface area contributed by atoms with E-state index in [1.807, 2.05) is 0 Å². The number of hydrogen-bond acceptors (Lipinski definition) is 2. The summed E-state index contributed by atoms with van der Waals surface area (Å²) in [6.45, 7) is 0.788. The van der Waals surface area contributed by atoms with Gasteiger partial charge in [0.05, 0.1) is 10.7 Å². The van der Waals surface area contributed by atoms with E-state index in [9.17, 15) is 4.79 Å². The topological polar surface area (TPSA) is 46.9 Å². The molecule has 0 aliphatic heterocycles. The molecule has 1 heterocycles. The summed E-state index contributed by atoms with van der Waals surface area (Å²) in [5.74, 6) is 0.648. The highest BCUT2D eigenvalue weighted by Crippen LogP contribution is 2.27. The van der Waals surface area contributed by atoms with Crippen molar-refractivity contribution < 1.29 is 4.79 Å². The molecule has 0 saturated heterocycles. The number of hydrogen-bond donors (Lipinski definition) is 1. The van der Waals surface area contributed by atoms with E-state index in [0.29, 0.717) is 11.6 Å². The van der Waals surface area contributed by atoms with Gasteiger partial charge in [-0.2, -0.15) is 5.10 Å². The fourth-order valence-electron chi connectivity index (χ4n) is 1.31. The molecule has 4 nitrogen and oxygen atoms in total. The van der Waals surface area contributed by atoms with Crippen molar-refractivity contribution in [1.29, 1.82) is 0 Å². The lowest BCUT2D eigenvalue weighted by Gasteiger charge is -2.04. The molecule has 2 rings (SSSR count). The van der Waals surface area contributed by atoms with Gasteiger partial charge in [-0.1, -0.05) is 0 Å². The first-order valence-corrected chi connectivity index (χ1v) is 5.43. The maximum Gasteiger partial charge on any atom is 0.270 e. The van der Waals surface area contributed by atoms with E-state index < -0.39 is 0 Å². The molecule has 1 N–H and O–H groups in total. The van der Waals surface area contributed by atoms with Crippen LogP contribution in [0.25, 0.3) is 0 Å². The second-order valence-electron chi connectivity index (χ2n) is 3.62. The van der Waals surface area contributed by atoms with Crippen LogP contribution in [-0.2, 0) is 7.05 Å². The zero-order valence-electron chi connectivity index (χ0n) is 7.96. The van der Waals surface area contributed by atoms with Crippen LogP contribution >= 0.6 is 15.9 Å². The Morgan fingerprint density at radius 2 is 2.50 bits per heavy atom. The summed E-state index contributed by atoms with van der Waals surface area (Å²) < 4.78 is 2.32. The minimum atomic E-state index is -0.0521. The maximum absolute atomic E-state index is 11.7. The summed E-state index contributed by atoms with van der Waals surface area (Å²) >= 11 is 3.30. The van der Waals surface area contributed by atoms with Crippen molar-refractivity contribution in [3.05, 3.63) is 16.4 Å². The molecule has 0 aromatic carbocycles. The van der Waals surface area contributed by atoms with Gasteiger partial charge in [-0.05, 0) is 34.7 Å². The van der Waals surface area contributed by atoms with Gasteiger partial charge in [0, 0.05) is 13.6 Å². The van der Waals surface area contributed by atoms with Crippen LogP contribution in [0.15, 0.2) is 10.7 Å². The molecule has 14 heavy (non-hydrogen) atoms. The molecule has 5 heteroatoms. The number of nitrogens with one attached hydrogen (secondary N) is 1. The van der Waals surface area contributed by atoms with Gasteiger partial charge in [-0.3, -0.25) is 9.48 Å².